The number of ether oxygens (including phenoxy) is 1. The van der Waals surface area contributed by atoms with E-state index in [4.69, 9.17) is 4.74 Å². The molecule has 2 fully saturated rings. The van der Waals surface area contributed by atoms with Gasteiger partial charge in [0.1, 0.15) is 0 Å². The summed E-state index contributed by atoms with van der Waals surface area (Å²) in [6.07, 6.45) is -2.58. The van der Waals surface area contributed by atoms with Gasteiger partial charge in [0.15, 0.2) is 0 Å². The number of morpholine rings is 1. The number of hydrogen-bond acceptors (Lipinski definition) is 3. The lowest BCUT2D eigenvalue weighted by molar-refractivity contribution is -0.149. The number of likely N-dealkylation sites (tertiary alicyclic amines) is 1. The molecule has 3 rings (SSSR count). The fraction of sp³-hybridized carbons (Fsp3) is 0.650. The highest BCUT2D eigenvalue weighted by atomic mass is 19.4. The average Bonchev–Trinajstić information content (AvgIpc) is 2.61. The SMILES string of the molecule is CC1CN(C(=O)C2CCN(Cc3ccc(C(F)(F)F)cc3)CC2)CC(C)O1. The van der Waals surface area contributed by atoms with Crippen LogP contribution in [0.3, 0.4) is 0 Å². The Bertz CT molecular complexity index is 630. The number of nitrogens with zero attached hydrogens (tertiary/aromatic N) is 2. The van der Waals surface area contributed by atoms with Crippen LogP contribution in [0.15, 0.2) is 24.3 Å². The van der Waals surface area contributed by atoms with Crippen molar-refractivity contribution >= 4 is 5.91 Å². The number of hydrogen-bond donors (Lipinski definition) is 0. The zero-order chi connectivity index (χ0) is 19.6. The number of alkyl halides is 3. The molecule has 1 amide bonds. The Kier molecular flexibility index (Phi) is 6.11. The molecule has 2 aliphatic heterocycles. The van der Waals surface area contributed by atoms with Gasteiger partial charge in [0.2, 0.25) is 5.91 Å². The molecular weight excluding hydrogens is 357 g/mol. The number of halogens is 3. The number of amides is 1. The maximum Gasteiger partial charge on any atom is 0.416 e. The second-order valence-electron chi connectivity index (χ2n) is 7.75. The zero-order valence-electron chi connectivity index (χ0n) is 15.8. The Morgan fingerprint density at radius 1 is 1.07 bits per heavy atom. The summed E-state index contributed by atoms with van der Waals surface area (Å²) in [7, 11) is 0. The predicted octanol–water partition coefficient (Wildman–Crippen LogP) is 3.55. The number of carbonyl (C=O) groups excluding carboxylic acids is 1. The highest BCUT2D eigenvalue weighted by Crippen LogP contribution is 2.29. The van der Waals surface area contributed by atoms with Crippen molar-refractivity contribution in [3.8, 4) is 0 Å². The smallest absolute Gasteiger partial charge is 0.372 e. The highest BCUT2D eigenvalue weighted by Gasteiger charge is 2.33. The van der Waals surface area contributed by atoms with Crippen LogP contribution in [0, 0.1) is 5.92 Å². The van der Waals surface area contributed by atoms with Crippen LogP contribution in [0.25, 0.3) is 0 Å². The fourth-order valence-corrected chi connectivity index (χ4v) is 4.01. The lowest BCUT2D eigenvalue weighted by Crippen LogP contribution is -2.51. The first-order valence-corrected chi connectivity index (χ1v) is 9.55. The van der Waals surface area contributed by atoms with Gasteiger partial charge in [-0.15, -0.1) is 0 Å². The maximum absolute atomic E-state index is 12.8. The van der Waals surface area contributed by atoms with E-state index in [0.29, 0.717) is 19.6 Å². The molecule has 0 aliphatic carbocycles. The van der Waals surface area contributed by atoms with Crippen molar-refractivity contribution in [2.75, 3.05) is 26.2 Å². The summed E-state index contributed by atoms with van der Waals surface area (Å²) < 4.78 is 43.6. The summed E-state index contributed by atoms with van der Waals surface area (Å²) in [5, 5.41) is 0. The molecule has 4 nitrogen and oxygen atoms in total. The van der Waals surface area contributed by atoms with Crippen molar-refractivity contribution in [2.45, 2.75) is 51.6 Å². The molecule has 0 aromatic heterocycles. The molecule has 1 aromatic carbocycles. The van der Waals surface area contributed by atoms with Crippen molar-refractivity contribution in [3.63, 3.8) is 0 Å². The van der Waals surface area contributed by atoms with Crippen molar-refractivity contribution in [1.82, 2.24) is 9.80 Å². The number of benzene rings is 1. The van der Waals surface area contributed by atoms with E-state index in [9.17, 15) is 18.0 Å². The highest BCUT2D eigenvalue weighted by molar-refractivity contribution is 5.79. The monoisotopic (exact) mass is 384 g/mol. The summed E-state index contributed by atoms with van der Waals surface area (Å²) in [5.74, 6) is 0.248. The summed E-state index contributed by atoms with van der Waals surface area (Å²) >= 11 is 0. The van der Waals surface area contributed by atoms with Gasteiger partial charge in [-0.1, -0.05) is 12.1 Å². The van der Waals surface area contributed by atoms with Crippen LogP contribution in [0.2, 0.25) is 0 Å². The minimum Gasteiger partial charge on any atom is -0.372 e. The second kappa shape index (κ2) is 8.19. The normalized spacial score (nSPS) is 25.6. The largest absolute Gasteiger partial charge is 0.416 e. The first kappa shape index (κ1) is 20.1. The molecule has 2 saturated heterocycles. The van der Waals surface area contributed by atoms with Crippen LogP contribution in [-0.2, 0) is 22.3 Å². The lowest BCUT2D eigenvalue weighted by atomic mass is 9.94. The van der Waals surface area contributed by atoms with Crippen molar-refractivity contribution in [1.29, 1.82) is 0 Å². The molecule has 2 atom stereocenters. The van der Waals surface area contributed by atoms with Crippen LogP contribution < -0.4 is 0 Å². The van der Waals surface area contributed by atoms with Gasteiger partial charge in [-0.25, -0.2) is 0 Å². The van der Waals surface area contributed by atoms with E-state index in [1.165, 1.54) is 12.1 Å². The minimum absolute atomic E-state index is 0.0337. The molecular formula is C20H27F3N2O2. The summed E-state index contributed by atoms with van der Waals surface area (Å²) in [6, 6.07) is 5.34. The molecule has 2 aliphatic rings. The molecule has 0 bridgehead atoms. The quantitative estimate of drug-likeness (QED) is 0.799. The van der Waals surface area contributed by atoms with Crippen molar-refractivity contribution in [3.05, 3.63) is 35.4 Å². The Hall–Kier alpha value is -1.60. The molecule has 2 unspecified atom stereocenters. The van der Waals surface area contributed by atoms with E-state index in [-0.39, 0.29) is 24.0 Å². The molecule has 7 heteroatoms. The van der Waals surface area contributed by atoms with E-state index in [1.807, 2.05) is 18.7 Å². The van der Waals surface area contributed by atoms with Gasteiger partial charge in [0, 0.05) is 25.6 Å². The van der Waals surface area contributed by atoms with Gasteiger partial charge in [-0.05, 0) is 57.5 Å². The lowest BCUT2D eigenvalue weighted by Gasteiger charge is -2.39. The molecule has 2 heterocycles. The van der Waals surface area contributed by atoms with E-state index in [1.54, 1.807) is 0 Å². The third kappa shape index (κ3) is 5.23. The number of carbonyl (C=O) groups is 1. The van der Waals surface area contributed by atoms with Crippen LogP contribution >= 0.6 is 0 Å². The van der Waals surface area contributed by atoms with Gasteiger partial charge in [0.05, 0.1) is 17.8 Å². The van der Waals surface area contributed by atoms with Gasteiger partial charge < -0.3 is 9.64 Å². The van der Waals surface area contributed by atoms with Crippen molar-refractivity contribution < 1.29 is 22.7 Å². The molecule has 0 radical (unpaired) electrons. The fourth-order valence-electron chi connectivity index (χ4n) is 4.01. The van der Waals surface area contributed by atoms with Crippen LogP contribution in [-0.4, -0.2) is 54.1 Å². The van der Waals surface area contributed by atoms with Gasteiger partial charge >= 0.3 is 6.18 Å². The number of rotatable bonds is 3. The first-order valence-electron chi connectivity index (χ1n) is 9.55. The van der Waals surface area contributed by atoms with Crippen LogP contribution in [0.4, 0.5) is 13.2 Å². The van der Waals surface area contributed by atoms with Crippen LogP contribution in [0.1, 0.15) is 37.8 Å². The third-order valence-electron chi connectivity index (χ3n) is 5.36. The minimum atomic E-state index is -4.30. The average molecular weight is 384 g/mol. The Morgan fingerprint density at radius 3 is 2.15 bits per heavy atom. The predicted molar refractivity (Wildman–Crippen MR) is 96.0 cm³/mol. The molecule has 27 heavy (non-hydrogen) atoms. The van der Waals surface area contributed by atoms with Crippen molar-refractivity contribution in [2.24, 2.45) is 5.92 Å². The number of piperidine rings is 1. The Labute approximate surface area is 158 Å². The summed E-state index contributed by atoms with van der Waals surface area (Å²) in [5.41, 5.74) is 0.244. The maximum atomic E-state index is 12.8. The molecule has 0 spiro atoms. The third-order valence-corrected chi connectivity index (χ3v) is 5.36. The van der Waals surface area contributed by atoms with E-state index in [0.717, 1.165) is 43.6 Å². The van der Waals surface area contributed by atoms with Gasteiger partial charge in [0.25, 0.3) is 0 Å². The van der Waals surface area contributed by atoms with Gasteiger partial charge in [-0.3, -0.25) is 9.69 Å². The summed E-state index contributed by atoms with van der Waals surface area (Å²) in [4.78, 5) is 16.9. The standard InChI is InChI=1S/C20H27F3N2O2/c1-14-11-25(12-15(2)27-14)19(26)17-7-9-24(10-8-17)13-16-3-5-18(6-4-16)20(21,22)23/h3-6,14-15,17H,7-13H2,1-2H3. The molecule has 150 valence electrons. The van der Waals surface area contributed by atoms with E-state index >= 15 is 0 Å². The topological polar surface area (TPSA) is 32.8 Å². The van der Waals surface area contributed by atoms with Gasteiger partial charge in [-0.2, -0.15) is 13.2 Å². The van der Waals surface area contributed by atoms with E-state index < -0.39 is 11.7 Å². The van der Waals surface area contributed by atoms with Crippen LogP contribution in [0.5, 0.6) is 0 Å². The molecule has 1 aromatic rings. The Morgan fingerprint density at radius 2 is 1.63 bits per heavy atom. The summed E-state index contributed by atoms with van der Waals surface area (Å²) in [6.45, 7) is 7.46. The molecule has 0 saturated carbocycles. The van der Waals surface area contributed by atoms with E-state index in [2.05, 4.69) is 4.90 Å². The zero-order valence-corrected chi connectivity index (χ0v) is 15.8. The second-order valence-corrected chi connectivity index (χ2v) is 7.75. The first-order chi connectivity index (χ1) is 12.7. The Balaban J connectivity index is 1.49. The molecule has 0 N–H and O–H groups in total.